The van der Waals surface area contributed by atoms with Crippen molar-refractivity contribution in [3.8, 4) is 0 Å². The molecule has 0 fully saturated rings. The number of aryl methyl sites for hydroxylation is 2. The first-order valence-electron chi connectivity index (χ1n) is 10.2. The SMILES string of the molecule is CCCCCC(NS(=O)(=O)c1ccc(C)cc1)c1ccc(CCCC(=O)O)cc1. The number of aliphatic carboxylic acids is 1. The molecule has 2 N–H and O–H groups in total. The summed E-state index contributed by atoms with van der Waals surface area (Å²) in [5.74, 6) is -0.789. The maximum Gasteiger partial charge on any atom is 0.303 e. The zero-order valence-electron chi connectivity index (χ0n) is 17.2. The van der Waals surface area contributed by atoms with E-state index in [1.807, 2.05) is 31.2 Å². The Morgan fingerprint density at radius 3 is 2.24 bits per heavy atom. The van der Waals surface area contributed by atoms with Crippen molar-refractivity contribution in [3.05, 3.63) is 65.2 Å². The molecule has 0 bridgehead atoms. The van der Waals surface area contributed by atoms with E-state index < -0.39 is 16.0 Å². The quantitative estimate of drug-likeness (QED) is 0.476. The molecular weight excluding hydrogens is 386 g/mol. The minimum atomic E-state index is -3.61. The van der Waals surface area contributed by atoms with Crippen molar-refractivity contribution < 1.29 is 18.3 Å². The van der Waals surface area contributed by atoms with Crippen molar-refractivity contribution in [2.24, 2.45) is 0 Å². The highest BCUT2D eigenvalue weighted by atomic mass is 32.2. The van der Waals surface area contributed by atoms with Gasteiger partial charge in [-0.05, 0) is 49.4 Å². The maximum atomic E-state index is 12.9. The predicted molar refractivity (Wildman–Crippen MR) is 115 cm³/mol. The van der Waals surface area contributed by atoms with Crippen molar-refractivity contribution in [2.45, 2.75) is 69.7 Å². The van der Waals surface area contributed by atoms with Gasteiger partial charge in [0.15, 0.2) is 0 Å². The van der Waals surface area contributed by atoms with Crippen molar-refractivity contribution >= 4 is 16.0 Å². The van der Waals surface area contributed by atoms with Crippen LogP contribution in [0.4, 0.5) is 0 Å². The minimum absolute atomic E-state index is 0.151. The molecule has 5 nitrogen and oxygen atoms in total. The molecule has 0 aliphatic carbocycles. The van der Waals surface area contributed by atoms with E-state index in [-0.39, 0.29) is 17.4 Å². The molecule has 0 aromatic heterocycles. The second-order valence-electron chi connectivity index (χ2n) is 7.47. The molecule has 0 heterocycles. The molecule has 0 saturated carbocycles. The molecule has 0 aliphatic rings. The number of benzene rings is 2. The highest BCUT2D eigenvalue weighted by molar-refractivity contribution is 7.89. The number of nitrogens with one attached hydrogen (secondary N) is 1. The molecule has 0 radical (unpaired) electrons. The topological polar surface area (TPSA) is 83.5 Å². The Labute approximate surface area is 174 Å². The monoisotopic (exact) mass is 417 g/mol. The molecule has 2 aromatic carbocycles. The van der Waals surface area contributed by atoms with Gasteiger partial charge in [-0.2, -0.15) is 0 Å². The fraction of sp³-hybridized carbons (Fsp3) is 0.435. The number of hydrogen-bond acceptors (Lipinski definition) is 3. The van der Waals surface area contributed by atoms with Gasteiger partial charge >= 0.3 is 5.97 Å². The second-order valence-corrected chi connectivity index (χ2v) is 9.19. The lowest BCUT2D eigenvalue weighted by Crippen LogP contribution is -2.28. The minimum Gasteiger partial charge on any atom is -0.481 e. The molecule has 6 heteroatoms. The first-order valence-corrected chi connectivity index (χ1v) is 11.7. The van der Waals surface area contributed by atoms with Gasteiger partial charge in [0.2, 0.25) is 10.0 Å². The molecule has 1 unspecified atom stereocenters. The highest BCUT2D eigenvalue weighted by Crippen LogP contribution is 2.24. The van der Waals surface area contributed by atoms with E-state index >= 15 is 0 Å². The van der Waals surface area contributed by atoms with Crippen molar-refractivity contribution in [1.82, 2.24) is 4.72 Å². The number of hydrogen-bond donors (Lipinski definition) is 2. The summed E-state index contributed by atoms with van der Waals surface area (Å²) in [5, 5.41) is 8.76. The predicted octanol–water partition coefficient (Wildman–Crippen LogP) is 5.00. The van der Waals surface area contributed by atoms with E-state index in [4.69, 9.17) is 5.11 Å². The number of sulfonamides is 1. The van der Waals surface area contributed by atoms with Crippen LogP contribution in [0.5, 0.6) is 0 Å². The van der Waals surface area contributed by atoms with E-state index in [1.165, 1.54) is 0 Å². The average molecular weight is 418 g/mol. The van der Waals surface area contributed by atoms with Gasteiger partial charge in [-0.3, -0.25) is 4.79 Å². The normalized spacial score (nSPS) is 12.6. The van der Waals surface area contributed by atoms with Gasteiger partial charge in [-0.25, -0.2) is 13.1 Å². The van der Waals surface area contributed by atoms with Gasteiger partial charge in [0.25, 0.3) is 0 Å². The number of rotatable bonds is 12. The molecule has 0 saturated heterocycles. The largest absolute Gasteiger partial charge is 0.481 e. The summed E-state index contributed by atoms with van der Waals surface area (Å²) in [7, 11) is -3.61. The molecular formula is C23H31NO4S. The van der Waals surface area contributed by atoms with Crippen LogP contribution in [0, 0.1) is 6.92 Å². The highest BCUT2D eigenvalue weighted by Gasteiger charge is 2.21. The number of unbranched alkanes of at least 4 members (excludes halogenated alkanes) is 2. The Balaban J connectivity index is 2.14. The van der Waals surface area contributed by atoms with E-state index in [1.54, 1.807) is 24.3 Å². The molecule has 1 atom stereocenters. The standard InChI is InChI=1S/C23H31NO4S/c1-3-4-5-8-22(24-29(27,28)21-16-10-18(2)11-17-21)20-14-12-19(13-15-20)7-6-9-23(25)26/h10-17,22,24H,3-9H2,1-2H3,(H,25,26). The first-order chi connectivity index (χ1) is 13.8. The van der Waals surface area contributed by atoms with Crippen LogP contribution in [0.15, 0.2) is 53.4 Å². The van der Waals surface area contributed by atoms with Gasteiger partial charge in [0.1, 0.15) is 0 Å². The number of carbonyl (C=O) groups is 1. The summed E-state index contributed by atoms with van der Waals surface area (Å²) in [5.41, 5.74) is 3.00. The van der Waals surface area contributed by atoms with Crippen molar-refractivity contribution in [3.63, 3.8) is 0 Å². The van der Waals surface area contributed by atoms with Gasteiger partial charge in [-0.1, -0.05) is 68.1 Å². The summed E-state index contributed by atoms with van der Waals surface area (Å²) >= 11 is 0. The fourth-order valence-electron chi connectivity index (χ4n) is 3.23. The van der Waals surface area contributed by atoms with Crippen LogP contribution >= 0.6 is 0 Å². The lowest BCUT2D eigenvalue weighted by atomic mass is 9.99. The van der Waals surface area contributed by atoms with E-state index in [0.29, 0.717) is 12.8 Å². The van der Waals surface area contributed by atoms with Crippen LogP contribution in [0.2, 0.25) is 0 Å². The Hall–Kier alpha value is -2.18. The Bertz CT molecular complexity index is 874. The van der Waals surface area contributed by atoms with Crippen LogP contribution in [-0.2, 0) is 21.2 Å². The summed E-state index contributed by atoms with van der Waals surface area (Å²) in [6.07, 6.45) is 5.24. The first kappa shape index (κ1) is 23.1. The molecule has 2 aromatic rings. The van der Waals surface area contributed by atoms with Crippen LogP contribution in [0.3, 0.4) is 0 Å². The number of carboxylic acids is 1. The lowest BCUT2D eigenvalue weighted by Gasteiger charge is -2.20. The van der Waals surface area contributed by atoms with E-state index in [2.05, 4.69) is 11.6 Å². The zero-order valence-corrected chi connectivity index (χ0v) is 18.0. The zero-order chi connectivity index (χ0) is 21.3. The summed E-state index contributed by atoms with van der Waals surface area (Å²) in [6, 6.07) is 14.4. The second kappa shape index (κ2) is 11.1. The van der Waals surface area contributed by atoms with Crippen LogP contribution in [-0.4, -0.2) is 19.5 Å². The van der Waals surface area contributed by atoms with Crippen molar-refractivity contribution in [2.75, 3.05) is 0 Å². The molecule has 0 spiro atoms. The molecule has 0 amide bonds. The molecule has 0 aliphatic heterocycles. The van der Waals surface area contributed by atoms with Crippen molar-refractivity contribution in [1.29, 1.82) is 0 Å². The molecule has 158 valence electrons. The van der Waals surface area contributed by atoms with Crippen LogP contribution in [0.25, 0.3) is 0 Å². The maximum absolute atomic E-state index is 12.9. The Morgan fingerprint density at radius 2 is 1.66 bits per heavy atom. The van der Waals surface area contributed by atoms with Crippen LogP contribution < -0.4 is 4.72 Å². The summed E-state index contributed by atoms with van der Waals surface area (Å²) in [6.45, 7) is 4.05. The summed E-state index contributed by atoms with van der Waals surface area (Å²) < 4.78 is 28.6. The number of carboxylic acid groups (broad SMARTS) is 1. The smallest absolute Gasteiger partial charge is 0.303 e. The van der Waals surface area contributed by atoms with Gasteiger partial charge in [0, 0.05) is 12.5 Å². The van der Waals surface area contributed by atoms with E-state index in [0.717, 1.165) is 42.4 Å². The average Bonchev–Trinajstić information content (AvgIpc) is 2.68. The third-order valence-corrected chi connectivity index (χ3v) is 6.45. The molecule has 29 heavy (non-hydrogen) atoms. The molecule has 2 rings (SSSR count). The van der Waals surface area contributed by atoms with Gasteiger partial charge in [-0.15, -0.1) is 0 Å². The fourth-order valence-corrected chi connectivity index (χ4v) is 4.48. The van der Waals surface area contributed by atoms with Gasteiger partial charge in [0.05, 0.1) is 4.90 Å². The Kier molecular flexibility index (Phi) is 8.86. The third kappa shape index (κ3) is 7.63. The third-order valence-electron chi connectivity index (χ3n) is 4.96. The van der Waals surface area contributed by atoms with E-state index in [9.17, 15) is 13.2 Å². The van der Waals surface area contributed by atoms with Gasteiger partial charge < -0.3 is 5.11 Å². The lowest BCUT2D eigenvalue weighted by molar-refractivity contribution is -0.137. The Morgan fingerprint density at radius 1 is 1.00 bits per heavy atom. The summed E-state index contributed by atoms with van der Waals surface area (Å²) in [4.78, 5) is 10.9. The van der Waals surface area contributed by atoms with Crippen LogP contribution in [0.1, 0.15) is 68.2 Å².